The number of phenolic OH excluding ortho intramolecular Hbond substituents is 1. The van der Waals surface area contributed by atoms with Crippen LogP contribution in [0.2, 0.25) is 10.0 Å². The predicted octanol–water partition coefficient (Wildman–Crippen LogP) is 4.96. The molecule has 31 heavy (non-hydrogen) atoms. The first-order valence-electron chi connectivity index (χ1n) is 10.2. The molecule has 2 aromatic carbocycles. The second-order valence-electron chi connectivity index (χ2n) is 7.62. The second-order valence-corrected chi connectivity index (χ2v) is 9.45. The summed E-state index contributed by atoms with van der Waals surface area (Å²) in [4.78, 5) is 27.8. The Morgan fingerprint density at radius 2 is 1.84 bits per heavy atom. The molecule has 1 saturated heterocycles. The number of halogens is 2. The molecule has 1 fully saturated rings. The number of hydrogen-bond acceptors (Lipinski definition) is 4. The fourth-order valence-corrected chi connectivity index (χ4v) is 4.77. The van der Waals surface area contributed by atoms with Gasteiger partial charge in [-0.15, -0.1) is 0 Å². The van der Waals surface area contributed by atoms with E-state index < -0.39 is 6.04 Å². The summed E-state index contributed by atoms with van der Waals surface area (Å²) < 4.78 is 0. The van der Waals surface area contributed by atoms with Gasteiger partial charge in [-0.1, -0.05) is 35.3 Å². The molecule has 1 unspecified atom stereocenters. The highest BCUT2D eigenvalue weighted by atomic mass is 35.5. The van der Waals surface area contributed by atoms with Gasteiger partial charge in [0.2, 0.25) is 5.91 Å². The molecule has 0 saturated carbocycles. The van der Waals surface area contributed by atoms with E-state index >= 15 is 0 Å². The van der Waals surface area contributed by atoms with Crippen LogP contribution >= 0.6 is 35.0 Å². The van der Waals surface area contributed by atoms with Gasteiger partial charge in [0.1, 0.15) is 11.8 Å². The zero-order valence-electron chi connectivity index (χ0n) is 17.3. The molecule has 166 valence electrons. The van der Waals surface area contributed by atoms with Crippen LogP contribution in [0, 0.1) is 0 Å². The highest BCUT2D eigenvalue weighted by molar-refractivity contribution is 7.98. The fraction of sp³-hybridized carbons (Fsp3) is 0.391. The molecule has 5 nitrogen and oxygen atoms in total. The minimum Gasteiger partial charge on any atom is -0.508 e. The number of aromatic hydroxyl groups is 1. The van der Waals surface area contributed by atoms with Crippen molar-refractivity contribution in [3.63, 3.8) is 0 Å². The van der Waals surface area contributed by atoms with Crippen molar-refractivity contribution in [3.8, 4) is 5.75 Å². The monoisotopic (exact) mass is 480 g/mol. The SMILES string of the molecule is CSCCC(NC(=O)c1ccc(Cl)cc1Cl)C(=O)N1CCC(c2ccc(O)cc2)CC1. The smallest absolute Gasteiger partial charge is 0.253 e. The summed E-state index contributed by atoms with van der Waals surface area (Å²) in [6.07, 6.45) is 4.23. The van der Waals surface area contributed by atoms with Crippen LogP contribution in [0.25, 0.3) is 0 Å². The molecule has 8 heteroatoms. The molecular weight excluding hydrogens is 455 g/mol. The van der Waals surface area contributed by atoms with E-state index in [2.05, 4.69) is 5.32 Å². The van der Waals surface area contributed by atoms with Crippen LogP contribution in [-0.2, 0) is 4.79 Å². The molecule has 1 aliphatic rings. The number of benzene rings is 2. The average molecular weight is 481 g/mol. The standard InChI is InChI=1S/C23H26Cl2N2O3S/c1-31-13-10-21(26-22(29)19-7-4-17(24)14-20(19)25)23(30)27-11-8-16(9-12-27)15-2-5-18(28)6-3-15/h2-7,14,16,21,28H,8-13H2,1H3,(H,26,29). The van der Waals surface area contributed by atoms with Crippen molar-refractivity contribution in [1.82, 2.24) is 10.2 Å². The summed E-state index contributed by atoms with van der Waals surface area (Å²) in [5.41, 5.74) is 1.48. The van der Waals surface area contributed by atoms with Crippen LogP contribution < -0.4 is 5.32 Å². The maximum atomic E-state index is 13.2. The Labute approximate surface area is 197 Å². The highest BCUT2D eigenvalue weighted by Gasteiger charge is 2.30. The van der Waals surface area contributed by atoms with Crippen LogP contribution in [0.1, 0.15) is 41.1 Å². The largest absolute Gasteiger partial charge is 0.508 e. The zero-order valence-corrected chi connectivity index (χ0v) is 19.6. The third-order valence-electron chi connectivity index (χ3n) is 5.56. The van der Waals surface area contributed by atoms with E-state index in [0.29, 0.717) is 36.0 Å². The van der Waals surface area contributed by atoms with E-state index in [-0.39, 0.29) is 22.6 Å². The van der Waals surface area contributed by atoms with E-state index in [1.54, 1.807) is 36.0 Å². The van der Waals surface area contributed by atoms with Gasteiger partial charge in [0.15, 0.2) is 0 Å². The minimum atomic E-state index is -0.600. The van der Waals surface area contributed by atoms with Gasteiger partial charge in [-0.2, -0.15) is 11.8 Å². The number of amides is 2. The number of phenols is 1. The predicted molar refractivity (Wildman–Crippen MR) is 127 cm³/mol. The van der Waals surface area contributed by atoms with Gasteiger partial charge >= 0.3 is 0 Å². The van der Waals surface area contributed by atoms with Gasteiger partial charge < -0.3 is 15.3 Å². The van der Waals surface area contributed by atoms with Gasteiger partial charge in [-0.3, -0.25) is 9.59 Å². The molecule has 0 spiro atoms. The van der Waals surface area contributed by atoms with E-state index in [0.717, 1.165) is 18.6 Å². The van der Waals surface area contributed by atoms with Crippen molar-refractivity contribution in [2.45, 2.75) is 31.2 Å². The summed E-state index contributed by atoms with van der Waals surface area (Å²) in [7, 11) is 0. The topological polar surface area (TPSA) is 69.6 Å². The van der Waals surface area contributed by atoms with Crippen LogP contribution in [0.4, 0.5) is 0 Å². The van der Waals surface area contributed by atoms with Gasteiger partial charge in [-0.25, -0.2) is 0 Å². The van der Waals surface area contributed by atoms with Gasteiger partial charge in [-0.05, 0) is 73.1 Å². The molecule has 0 aliphatic carbocycles. The number of rotatable bonds is 7. The number of likely N-dealkylation sites (tertiary alicyclic amines) is 1. The second kappa shape index (κ2) is 11.1. The van der Waals surface area contributed by atoms with Crippen molar-refractivity contribution in [2.24, 2.45) is 0 Å². The molecule has 1 atom stereocenters. The van der Waals surface area contributed by atoms with Crippen LogP contribution in [0.15, 0.2) is 42.5 Å². The van der Waals surface area contributed by atoms with Crippen molar-refractivity contribution < 1.29 is 14.7 Å². The van der Waals surface area contributed by atoms with Crippen LogP contribution in [0.3, 0.4) is 0 Å². The summed E-state index contributed by atoms with van der Waals surface area (Å²) in [5, 5.41) is 13.1. The molecular formula is C23H26Cl2N2O3S. The number of carbonyl (C=O) groups excluding carboxylic acids is 2. The Morgan fingerprint density at radius 3 is 2.45 bits per heavy atom. The first kappa shape index (κ1) is 23.8. The van der Waals surface area contributed by atoms with Gasteiger partial charge in [0, 0.05) is 18.1 Å². The lowest BCUT2D eigenvalue weighted by atomic mass is 9.89. The summed E-state index contributed by atoms with van der Waals surface area (Å²) in [6, 6.07) is 11.4. The van der Waals surface area contributed by atoms with Gasteiger partial charge in [0.25, 0.3) is 5.91 Å². The first-order chi connectivity index (χ1) is 14.9. The Balaban J connectivity index is 1.64. The van der Waals surface area contributed by atoms with E-state index in [4.69, 9.17) is 23.2 Å². The Bertz CT molecular complexity index is 916. The zero-order chi connectivity index (χ0) is 22.4. The number of hydrogen-bond donors (Lipinski definition) is 2. The quantitative estimate of drug-likeness (QED) is 0.587. The van der Waals surface area contributed by atoms with Crippen molar-refractivity contribution in [1.29, 1.82) is 0 Å². The van der Waals surface area contributed by atoms with E-state index in [1.165, 1.54) is 11.6 Å². The highest BCUT2D eigenvalue weighted by Crippen LogP contribution is 2.29. The molecule has 0 bridgehead atoms. The lowest BCUT2D eigenvalue weighted by Crippen LogP contribution is -2.50. The molecule has 1 heterocycles. The molecule has 2 N–H and O–H groups in total. The normalized spacial score (nSPS) is 15.5. The number of carbonyl (C=O) groups is 2. The number of nitrogens with one attached hydrogen (secondary N) is 1. The fourth-order valence-electron chi connectivity index (χ4n) is 3.80. The maximum Gasteiger partial charge on any atom is 0.253 e. The maximum absolute atomic E-state index is 13.2. The van der Waals surface area contributed by atoms with Crippen LogP contribution in [0.5, 0.6) is 5.75 Å². The summed E-state index contributed by atoms with van der Waals surface area (Å²) in [5.74, 6) is 0.938. The lowest BCUT2D eigenvalue weighted by molar-refractivity contribution is -0.134. The Morgan fingerprint density at radius 1 is 1.16 bits per heavy atom. The van der Waals surface area contributed by atoms with Crippen LogP contribution in [-0.4, -0.2) is 53.0 Å². The number of nitrogens with zero attached hydrogens (tertiary/aromatic N) is 1. The van der Waals surface area contributed by atoms with E-state index in [1.807, 2.05) is 23.3 Å². The van der Waals surface area contributed by atoms with Crippen molar-refractivity contribution in [3.05, 3.63) is 63.6 Å². The third kappa shape index (κ3) is 6.31. The Hall–Kier alpha value is -1.89. The number of thioether (sulfide) groups is 1. The van der Waals surface area contributed by atoms with E-state index in [9.17, 15) is 14.7 Å². The lowest BCUT2D eigenvalue weighted by Gasteiger charge is -2.34. The van der Waals surface area contributed by atoms with Crippen molar-refractivity contribution in [2.75, 3.05) is 25.1 Å². The molecule has 1 aliphatic heterocycles. The molecule has 2 aromatic rings. The molecule has 0 aromatic heterocycles. The molecule has 2 amide bonds. The van der Waals surface area contributed by atoms with Gasteiger partial charge in [0.05, 0.1) is 10.6 Å². The molecule has 0 radical (unpaired) electrons. The van der Waals surface area contributed by atoms with Crippen molar-refractivity contribution >= 4 is 46.8 Å². The first-order valence-corrected chi connectivity index (χ1v) is 12.4. The summed E-state index contributed by atoms with van der Waals surface area (Å²) in [6.45, 7) is 1.27. The minimum absolute atomic E-state index is 0.0587. The summed E-state index contributed by atoms with van der Waals surface area (Å²) >= 11 is 13.7. The average Bonchev–Trinajstić information content (AvgIpc) is 2.76. The molecule has 3 rings (SSSR count). The third-order valence-corrected chi connectivity index (χ3v) is 6.75. The Kier molecular flexibility index (Phi) is 8.52. The number of piperidine rings is 1.